The summed E-state index contributed by atoms with van der Waals surface area (Å²) in [5.74, 6) is 0.748. The highest BCUT2D eigenvalue weighted by molar-refractivity contribution is 6.00. The van der Waals surface area contributed by atoms with Crippen LogP contribution in [0.5, 0.6) is 5.75 Å². The summed E-state index contributed by atoms with van der Waals surface area (Å²) in [5, 5.41) is 6.67. The summed E-state index contributed by atoms with van der Waals surface area (Å²) in [7, 11) is 1.60. The van der Waals surface area contributed by atoms with Crippen molar-refractivity contribution in [2.24, 2.45) is 0 Å². The fourth-order valence-corrected chi connectivity index (χ4v) is 2.09. The summed E-state index contributed by atoms with van der Waals surface area (Å²) in [6, 6.07) is 14.6. The van der Waals surface area contributed by atoms with E-state index in [2.05, 4.69) is 15.6 Å². The van der Waals surface area contributed by atoms with Crippen molar-refractivity contribution in [3.63, 3.8) is 0 Å². The smallest absolute Gasteiger partial charge is 0.323 e. The molecular weight excluding hydrogens is 266 g/mol. The molecule has 0 bridgehead atoms. The first-order chi connectivity index (χ1) is 10.2. The predicted molar refractivity (Wildman–Crippen MR) is 83.9 cm³/mol. The monoisotopic (exact) mass is 281 g/mol. The van der Waals surface area contributed by atoms with Gasteiger partial charge in [-0.05, 0) is 47.9 Å². The van der Waals surface area contributed by atoms with E-state index < -0.39 is 0 Å². The number of methoxy groups -OCH3 is 1. The van der Waals surface area contributed by atoms with E-state index in [4.69, 9.17) is 4.74 Å². The molecule has 0 radical (unpaired) electrons. The highest BCUT2D eigenvalue weighted by atomic mass is 16.5. The third-order valence-corrected chi connectivity index (χ3v) is 3.16. The average Bonchev–Trinajstić information content (AvgIpc) is 2.95. The van der Waals surface area contributed by atoms with Gasteiger partial charge in [0.25, 0.3) is 0 Å². The molecule has 2 amide bonds. The summed E-state index contributed by atoms with van der Waals surface area (Å²) < 4.78 is 5.07. The molecule has 5 nitrogen and oxygen atoms in total. The number of H-pyrrole nitrogens is 1. The Balaban J connectivity index is 1.67. The molecule has 0 atom stereocenters. The Morgan fingerprint density at radius 3 is 2.48 bits per heavy atom. The SMILES string of the molecule is COc1ccc(NC(=O)Nc2ccc3cc[nH]c3c2)cc1. The molecule has 0 aliphatic rings. The van der Waals surface area contributed by atoms with E-state index >= 15 is 0 Å². The quantitative estimate of drug-likeness (QED) is 0.683. The molecule has 0 aliphatic carbocycles. The first kappa shape index (κ1) is 13.1. The second-order valence-corrected chi connectivity index (χ2v) is 4.59. The van der Waals surface area contributed by atoms with Crippen LogP contribution in [0, 0.1) is 0 Å². The van der Waals surface area contributed by atoms with Gasteiger partial charge in [0.05, 0.1) is 7.11 Å². The van der Waals surface area contributed by atoms with Crippen LogP contribution in [0.15, 0.2) is 54.7 Å². The van der Waals surface area contributed by atoms with Crippen molar-refractivity contribution in [1.82, 2.24) is 4.98 Å². The molecule has 2 aromatic carbocycles. The van der Waals surface area contributed by atoms with Gasteiger partial charge in [-0.3, -0.25) is 0 Å². The average molecular weight is 281 g/mol. The van der Waals surface area contributed by atoms with Crippen molar-refractivity contribution in [2.45, 2.75) is 0 Å². The minimum absolute atomic E-state index is 0.286. The van der Waals surface area contributed by atoms with E-state index in [-0.39, 0.29) is 6.03 Å². The summed E-state index contributed by atoms with van der Waals surface area (Å²) in [4.78, 5) is 15.1. The maximum absolute atomic E-state index is 11.9. The number of carbonyl (C=O) groups is 1. The Hall–Kier alpha value is -2.95. The number of aromatic amines is 1. The summed E-state index contributed by atoms with van der Waals surface area (Å²) in [5.41, 5.74) is 2.42. The molecule has 0 unspecified atom stereocenters. The van der Waals surface area contributed by atoms with Gasteiger partial charge < -0.3 is 20.4 Å². The van der Waals surface area contributed by atoms with Gasteiger partial charge in [-0.15, -0.1) is 0 Å². The molecule has 1 aromatic heterocycles. The van der Waals surface area contributed by atoms with Crippen LogP contribution in [-0.2, 0) is 0 Å². The molecule has 1 heterocycles. The number of hydrogen-bond acceptors (Lipinski definition) is 2. The van der Waals surface area contributed by atoms with Gasteiger partial charge in [0.15, 0.2) is 0 Å². The molecule has 106 valence electrons. The zero-order valence-electron chi connectivity index (χ0n) is 11.5. The van der Waals surface area contributed by atoms with Crippen LogP contribution in [-0.4, -0.2) is 18.1 Å². The number of carbonyl (C=O) groups excluding carboxylic acids is 1. The zero-order chi connectivity index (χ0) is 14.7. The van der Waals surface area contributed by atoms with Gasteiger partial charge >= 0.3 is 6.03 Å². The molecule has 0 saturated heterocycles. The van der Waals surface area contributed by atoms with Crippen molar-refractivity contribution in [3.05, 3.63) is 54.7 Å². The Kier molecular flexibility index (Phi) is 3.47. The largest absolute Gasteiger partial charge is 0.497 e. The number of rotatable bonds is 3. The van der Waals surface area contributed by atoms with Gasteiger partial charge in [-0.2, -0.15) is 0 Å². The highest BCUT2D eigenvalue weighted by Gasteiger charge is 2.04. The summed E-state index contributed by atoms with van der Waals surface area (Å²) in [6.45, 7) is 0. The Bertz CT molecular complexity index is 763. The molecule has 3 N–H and O–H groups in total. The van der Waals surface area contributed by atoms with Crippen molar-refractivity contribution in [2.75, 3.05) is 17.7 Å². The Morgan fingerprint density at radius 2 is 1.71 bits per heavy atom. The molecule has 0 saturated carbocycles. The standard InChI is InChI=1S/C16H15N3O2/c1-21-14-6-4-12(5-7-14)18-16(20)19-13-3-2-11-8-9-17-15(11)10-13/h2-10,17H,1H3,(H2,18,19,20). The number of benzene rings is 2. The van der Waals surface area contributed by atoms with Crippen LogP contribution in [0.1, 0.15) is 0 Å². The van der Waals surface area contributed by atoms with E-state index in [9.17, 15) is 4.79 Å². The minimum Gasteiger partial charge on any atom is -0.497 e. The summed E-state index contributed by atoms with van der Waals surface area (Å²) in [6.07, 6.45) is 1.87. The molecule has 3 rings (SSSR count). The number of urea groups is 1. The topological polar surface area (TPSA) is 66.2 Å². The van der Waals surface area contributed by atoms with Gasteiger partial charge in [-0.25, -0.2) is 4.79 Å². The first-order valence-corrected chi connectivity index (χ1v) is 6.54. The molecule has 21 heavy (non-hydrogen) atoms. The number of anilines is 2. The van der Waals surface area contributed by atoms with Crippen molar-refractivity contribution < 1.29 is 9.53 Å². The Morgan fingerprint density at radius 1 is 1.00 bits per heavy atom. The second kappa shape index (κ2) is 5.58. The number of hydrogen-bond donors (Lipinski definition) is 3. The van der Waals surface area contributed by atoms with Gasteiger partial charge in [0.2, 0.25) is 0 Å². The second-order valence-electron chi connectivity index (χ2n) is 4.59. The molecule has 5 heteroatoms. The summed E-state index contributed by atoms with van der Waals surface area (Å²) >= 11 is 0. The van der Waals surface area contributed by atoms with Crippen molar-refractivity contribution in [3.8, 4) is 5.75 Å². The lowest BCUT2D eigenvalue weighted by Crippen LogP contribution is -2.19. The van der Waals surface area contributed by atoms with Crippen LogP contribution >= 0.6 is 0 Å². The minimum atomic E-state index is -0.286. The van der Waals surface area contributed by atoms with E-state index in [0.717, 1.165) is 22.3 Å². The maximum atomic E-state index is 11.9. The Labute approximate surface area is 121 Å². The molecule has 0 aliphatic heterocycles. The molecule has 0 fully saturated rings. The maximum Gasteiger partial charge on any atom is 0.323 e. The number of ether oxygens (including phenoxy) is 1. The van der Waals surface area contributed by atoms with Crippen molar-refractivity contribution >= 4 is 28.3 Å². The van der Waals surface area contributed by atoms with Gasteiger partial charge in [-0.1, -0.05) is 6.07 Å². The van der Waals surface area contributed by atoms with Crippen LogP contribution in [0.25, 0.3) is 10.9 Å². The fourth-order valence-electron chi connectivity index (χ4n) is 2.09. The zero-order valence-corrected chi connectivity index (χ0v) is 11.5. The number of amides is 2. The highest BCUT2D eigenvalue weighted by Crippen LogP contribution is 2.18. The third kappa shape index (κ3) is 2.97. The molecular formula is C16H15N3O2. The lowest BCUT2D eigenvalue weighted by Gasteiger charge is -2.08. The van der Waals surface area contributed by atoms with E-state index in [1.165, 1.54) is 0 Å². The van der Waals surface area contributed by atoms with Crippen LogP contribution in [0.4, 0.5) is 16.2 Å². The van der Waals surface area contributed by atoms with E-state index in [1.807, 2.05) is 30.5 Å². The number of nitrogens with one attached hydrogen (secondary N) is 3. The van der Waals surface area contributed by atoms with Crippen molar-refractivity contribution in [1.29, 1.82) is 0 Å². The third-order valence-electron chi connectivity index (χ3n) is 3.16. The van der Waals surface area contributed by atoms with E-state index in [0.29, 0.717) is 5.69 Å². The molecule has 0 spiro atoms. The van der Waals surface area contributed by atoms with Gasteiger partial charge in [0.1, 0.15) is 5.75 Å². The van der Waals surface area contributed by atoms with Crippen LogP contribution in [0.3, 0.4) is 0 Å². The fraction of sp³-hybridized carbons (Fsp3) is 0.0625. The molecule has 3 aromatic rings. The van der Waals surface area contributed by atoms with Crippen LogP contribution < -0.4 is 15.4 Å². The van der Waals surface area contributed by atoms with E-state index in [1.54, 1.807) is 31.4 Å². The lowest BCUT2D eigenvalue weighted by molar-refractivity contribution is 0.262. The van der Waals surface area contributed by atoms with Crippen LogP contribution in [0.2, 0.25) is 0 Å². The predicted octanol–water partition coefficient (Wildman–Crippen LogP) is 3.82. The van der Waals surface area contributed by atoms with Gasteiger partial charge in [0, 0.05) is 23.1 Å². The number of aromatic nitrogens is 1. The lowest BCUT2D eigenvalue weighted by atomic mass is 10.2. The number of fused-ring (bicyclic) bond motifs is 1. The first-order valence-electron chi connectivity index (χ1n) is 6.54. The normalized spacial score (nSPS) is 10.3.